The van der Waals surface area contributed by atoms with Crippen LogP contribution in [0.4, 0.5) is 0 Å². The number of piperidine rings is 1. The van der Waals surface area contributed by atoms with Crippen molar-refractivity contribution in [1.29, 1.82) is 0 Å². The number of carbonyl (C=O) groups is 1. The van der Waals surface area contributed by atoms with Crippen LogP contribution in [0.3, 0.4) is 0 Å². The fourth-order valence-electron chi connectivity index (χ4n) is 3.22. The number of rotatable bonds is 5. The molecule has 1 amide bonds. The van der Waals surface area contributed by atoms with Crippen molar-refractivity contribution in [2.24, 2.45) is 5.92 Å². The molecule has 0 aliphatic carbocycles. The Balaban J connectivity index is 1.70. The van der Waals surface area contributed by atoms with Gasteiger partial charge in [-0.15, -0.1) is 0 Å². The maximum Gasteiger partial charge on any atom is 0.221 e. The van der Waals surface area contributed by atoms with Crippen LogP contribution in [-0.2, 0) is 4.79 Å². The molecule has 0 bridgehead atoms. The number of carbonyl (C=O) groups excluding carboxylic acids is 1. The highest BCUT2D eigenvalue weighted by molar-refractivity contribution is 5.78. The van der Waals surface area contributed by atoms with Gasteiger partial charge in [-0.05, 0) is 51.7 Å². The summed E-state index contributed by atoms with van der Waals surface area (Å²) in [7, 11) is 0. The third-order valence-corrected chi connectivity index (χ3v) is 4.36. The van der Waals surface area contributed by atoms with Crippen LogP contribution in [0.1, 0.15) is 39.5 Å². The molecular weight excluding hydrogens is 226 g/mol. The van der Waals surface area contributed by atoms with Crippen molar-refractivity contribution in [3.63, 3.8) is 0 Å². The number of nitrogens with zero attached hydrogens (tertiary/aromatic N) is 1. The Bertz CT molecular complexity index is 274. The summed E-state index contributed by atoms with van der Waals surface area (Å²) in [5.41, 5.74) is 0. The molecule has 0 aromatic rings. The first-order chi connectivity index (χ1) is 8.69. The first-order valence-corrected chi connectivity index (χ1v) is 7.44. The highest BCUT2D eigenvalue weighted by Crippen LogP contribution is 2.21. The second-order valence-electron chi connectivity index (χ2n) is 5.84. The van der Waals surface area contributed by atoms with E-state index in [1.165, 1.54) is 38.9 Å². The van der Waals surface area contributed by atoms with Crippen LogP contribution in [0.5, 0.6) is 0 Å². The Hall–Kier alpha value is -0.610. The molecule has 0 spiro atoms. The molecule has 0 saturated carbocycles. The van der Waals surface area contributed by atoms with Gasteiger partial charge in [0, 0.05) is 25.0 Å². The maximum atomic E-state index is 11.2. The number of hydrogen-bond acceptors (Lipinski definition) is 3. The third-order valence-electron chi connectivity index (χ3n) is 4.36. The maximum absolute atomic E-state index is 11.2. The van der Waals surface area contributed by atoms with E-state index in [-0.39, 0.29) is 5.91 Å². The largest absolute Gasteiger partial charge is 0.354 e. The van der Waals surface area contributed by atoms with Crippen LogP contribution in [0.25, 0.3) is 0 Å². The molecule has 2 aliphatic rings. The average molecular weight is 253 g/mol. The highest BCUT2D eigenvalue weighted by Gasteiger charge is 2.27. The molecule has 2 atom stereocenters. The van der Waals surface area contributed by atoms with Gasteiger partial charge in [-0.3, -0.25) is 4.79 Å². The molecule has 18 heavy (non-hydrogen) atoms. The molecule has 4 heteroatoms. The standard InChI is InChI=1S/C14H27N3O/c1-3-6-17-7-4-12(5-8-17)11(2)16-13-9-14(18)15-10-13/h11-13,16H,3-10H2,1-2H3,(H,15,18). The molecule has 2 heterocycles. The normalized spacial score (nSPS) is 28.3. The first kappa shape index (κ1) is 13.8. The molecule has 0 radical (unpaired) electrons. The summed E-state index contributed by atoms with van der Waals surface area (Å²) in [5.74, 6) is 0.964. The molecule has 0 aromatic heterocycles. The van der Waals surface area contributed by atoms with E-state index in [1.54, 1.807) is 0 Å². The van der Waals surface area contributed by atoms with Gasteiger partial charge in [0.1, 0.15) is 0 Å². The summed E-state index contributed by atoms with van der Waals surface area (Å²) in [4.78, 5) is 13.7. The Morgan fingerprint density at radius 3 is 2.72 bits per heavy atom. The van der Waals surface area contributed by atoms with Crippen molar-refractivity contribution in [3.05, 3.63) is 0 Å². The third kappa shape index (κ3) is 3.69. The SMILES string of the molecule is CCCN1CCC(C(C)NC2CNC(=O)C2)CC1. The minimum atomic E-state index is 0.192. The number of nitrogens with one attached hydrogen (secondary N) is 2. The van der Waals surface area contributed by atoms with Crippen LogP contribution < -0.4 is 10.6 Å². The molecule has 0 aromatic carbocycles. The van der Waals surface area contributed by atoms with E-state index < -0.39 is 0 Å². The van der Waals surface area contributed by atoms with Crippen molar-refractivity contribution in [2.75, 3.05) is 26.2 Å². The van der Waals surface area contributed by atoms with E-state index in [1.807, 2.05) is 0 Å². The van der Waals surface area contributed by atoms with E-state index in [4.69, 9.17) is 0 Å². The Morgan fingerprint density at radius 1 is 1.44 bits per heavy atom. The number of likely N-dealkylation sites (tertiary alicyclic amines) is 1. The topological polar surface area (TPSA) is 44.4 Å². The van der Waals surface area contributed by atoms with Crippen LogP contribution in [0.15, 0.2) is 0 Å². The van der Waals surface area contributed by atoms with Crippen molar-refractivity contribution in [1.82, 2.24) is 15.5 Å². The zero-order valence-electron chi connectivity index (χ0n) is 11.7. The van der Waals surface area contributed by atoms with Gasteiger partial charge in [-0.2, -0.15) is 0 Å². The molecule has 4 nitrogen and oxygen atoms in total. The molecule has 2 rings (SSSR count). The second kappa shape index (κ2) is 6.53. The van der Waals surface area contributed by atoms with Gasteiger partial charge in [-0.25, -0.2) is 0 Å². The number of hydrogen-bond donors (Lipinski definition) is 2. The van der Waals surface area contributed by atoms with Crippen LogP contribution in [0, 0.1) is 5.92 Å². The summed E-state index contributed by atoms with van der Waals surface area (Å²) in [6.07, 6.45) is 4.50. The molecule has 2 N–H and O–H groups in total. The lowest BCUT2D eigenvalue weighted by Crippen LogP contribution is -2.46. The second-order valence-corrected chi connectivity index (χ2v) is 5.84. The summed E-state index contributed by atoms with van der Waals surface area (Å²) in [6.45, 7) is 9.06. The van der Waals surface area contributed by atoms with Crippen LogP contribution >= 0.6 is 0 Å². The van der Waals surface area contributed by atoms with Crippen molar-refractivity contribution < 1.29 is 4.79 Å². The van der Waals surface area contributed by atoms with E-state index in [2.05, 4.69) is 29.4 Å². The molecular formula is C14H27N3O. The van der Waals surface area contributed by atoms with Gasteiger partial charge in [-0.1, -0.05) is 6.92 Å². The minimum Gasteiger partial charge on any atom is -0.354 e. The van der Waals surface area contributed by atoms with Crippen LogP contribution in [0.2, 0.25) is 0 Å². The summed E-state index contributed by atoms with van der Waals surface area (Å²) in [6, 6.07) is 0.882. The van der Waals surface area contributed by atoms with Gasteiger partial charge < -0.3 is 15.5 Å². The lowest BCUT2D eigenvalue weighted by atomic mass is 9.89. The van der Waals surface area contributed by atoms with E-state index >= 15 is 0 Å². The van der Waals surface area contributed by atoms with Gasteiger partial charge in [0.05, 0.1) is 0 Å². The zero-order valence-corrected chi connectivity index (χ0v) is 11.7. The Kier molecular flexibility index (Phi) is 5.01. The summed E-state index contributed by atoms with van der Waals surface area (Å²) < 4.78 is 0. The molecule has 2 unspecified atom stereocenters. The van der Waals surface area contributed by atoms with Crippen molar-refractivity contribution in [3.8, 4) is 0 Å². The minimum absolute atomic E-state index is 0.192. The van der Waals surface area contributed by atoms with E-state index in [0.717, 1.165) is 12.5 Å². The predicted octanol–water partition coefficient (Wildman–Crippen LogP) is 0.975. The van der Waals surface area contributed by atoms with Crippen molar-refractivity contribution in [2.45, 2.75) is 51.6 Å². The molecule has 104 valence electrons. The van der Waals surface area contributed by atoms with Crippen molar-refractivity contribution >= 4 is 5.91 Å². The highest BCUT2D eigenvalue weighted by atomic mass is 16.1. The van der Waals surface area contributed by atoms with Gasteiger partial charge in [0.15, 0.2) is 0 Å². The fourth-order valence-corrected chi connectivity index (χ4v) is 3.22. The first-order valence-electron chi connectivity index (χ1n) is 7.44. The van der Waals surface area contributed by atoms with E-state index in [0.29, 0.717) is 18.5 Å². The lowest BCUT2D eigenvalue weighted by molar-refractivity contribution is -0.119. The Morgan fingerprint density at radius 2 is 2.17 bits per heavy atom. The zero-order chi connectivity index (χ0) is 13.0. The molecule has 2 fully saturated rings. The van der Waals surface area contributed by atoms with E-state index in [9.17, 15) is 4.79 Å². The monoisotopic (exact) mass is 253 g/mol. The average Bonchev–Trinajstić information content (AvgIpc) is 2.76. The number of amides is 1. The summed E-state index contributed by atoms with van der Waals surface area (Å²) in [5, 5.41) is 6.52. The van der Waals surface area contributed by atoms with Gasteiger partial charge in [0.25, 0.3) is 0 Å². The van der Waals surface area contributed by atoms with Crippen LogP contribution in [-0.4, -0.2) is 49.1 Å². The Labute approximate surface area is 110 Å². The lowest BCUT2D eigenvalue weighted by Gasteiger charge is -2.35. The fraction of sp³-hybridized carbons (Fsp3) is 0.929. The molecule has 2 aliphatic heterocycles. The molecule has 2 saturated heterocycles. The van der Waals surface area contributed by atoms with Gasteiger partial charge in [0.2, 0.25) is 5.91 Å². The smallest absolute Gasteiger partial charge is 0.221 e. The quantitative estimate of drug-likeness (QED) is 0.767. The summed E-state index contributed by atoms with van der Waals surface area (Å²) >= 11 is 0. The predicted molar refractivity (Wildman–Crippen MR) is 73.5 cm³/mol. The van der Waals surface area contributed by atoms with Gasteiger partial charge >= 0.3 is 0 Å².